The van der Waals surface area contributed by atoms with Crippen molar-refractivity contribution >= 4 is 7.85 Å². The summed E-state index contributed by atoms with van der Waals surface area (Å²) in [7, 11) is 6.36. The molecule has 0 aliphatic carbocycles. The monoisotopic (exact) mass is 166 g/mol. The fourth-order valence-corrected chi connectivity index (χ4v) is 2.08. The molecular formula is C11H23B. The Balaban J connectivity index is 4.46. The van der Waals surface area contributed by atoms with Gasteiger partial charge in [-0.05, 0) is 11.8 Å². The third-order valence-electron chi connectivity index (χ3n) is 3.48. The molecule has 0 aliphatic rings. The molecule has 0 aromatic heterocycles. The summed E-state index contributed by atoms with van der Waals surface area (Å²) in [5.74, 6) is 0. The van der Waals surface area contributed by atoms with Gasteiger partial charge in [0.15, 0.2) is 0 Å². The van der Waals surface area contributed by atoms with Gasteiger partial charge in [0.1, 0.15) is 0 Å². The highest BCUT2D eigenvalue weighted by molar-refractivity contribution is 6.15. The highest BCUT2D eigenvalue weighted by Crippen LogP contribution is 2.51. The Kier molecular flexibility index (Phi) is 4.37. The highest BCUT2D eigenvalue weighted by Gasteiger charge is 2.36. The van der Waals surface area contributed by atoms with Gasteiger partial charge in [-0.25, -0.2) is 0 Å². The van der Waals surface area contributed by atoms with E-state index >= 15 is 0 Å². The lowest BCUT2D eigenvalue weighted by Gasteiger charge is -2.44. The number of hydrogen-bond donors (Lipinski definition) is 0. The molecule has 0 amide bonds. The molecule has 0 bridgehead atoms. The Morgan fingerprint density at radius 2 is 1.42 bits per heavy atom. The van der Waals surface area contributed by atoms with E-state index in [1.54, 1.807) is 0 Å². The van der Waals surface area contributed by atoms with Crippen molar-refractivity contribution in [2.24, 2.45) is 5.41 Å². The predicted molar refractivity (Wildman–Crippen MR) is 57.7 cm³/mol. The predicted octanol–water partition coefficient (Wildman–Crippen LogP) is 3.96. The second-order valence-electron chi connectivity index (χ2n) is 4.50. The van der Waals surface area contributed by atoms with Crippen LogP contribution < -0.4 is 0 Å². The van der Waals surface area contributed by atoms with Gasteiger partial charge in [0, 0.05) is 0 Å². The van der Waals surface area contributed by atoms with Gasteiger partial charge in [-0.15, -0.1) is 0 Å². The van der Waals surface area contributed by atoms with Crippen molar-refractivity contribution in [3.63, 3.8) is 0 Å². The van der Waals surface area contributed by atoms with Crippen LogP contribution >= 0.6 is 0 Å². The van der Waals surface area contributed by atoms with E-state index in [-0.39, 0.29) is 10.7 Å². The van der Waals surface area contributed by atoms with Crippen LogP contribution in [0.5, 0.6) is 0 Å². The molecule has 0 atom stereocenters. The molecule has 1 heteroatoms. The summed E-state index contributed by atoms with van der Waals surface area (Å²) in [6.07, 6.45) is 4.62. The summed E-state index contributed by atoms with van der Waals surface area (Å²) in [5.41, 5.74) is 0.283. The van der Waals surface area contributed by atoms with E-state index in [0.29, 0.717) is 0 Å². The van der Waals surface area contributed by atoms with Gasteiger partial charge in [0.25, 0.3) is 0 Å². The summed E-state index contributed by atoms with van der Waals surface area (Å²) in [4.78, 5) is 0. The van der Waals surface area contributed by atoms with Crippen molar-refractivity contribution in [2.45, 2.75) is 65.6 Å². The molecule has 0 aliphatic heterocycles. The van der Waals surface area contributed by atoms with E-state index in [2.05, 4.69) is 34.6 Å². The van der Waals surface area contributed by atoms with Crippen molar-refractivity contribution < 1.29 is 0 Å². The lowest BCUT2D eigenvalue weighted by molar-refractivity contribution is 0.199. The Labute approximate surface area is 79.5 Å². The standard InChI is InChI=1S/C11H23B/c1-6-9-10(4,5)11(12,7-2)8-3/h6-9H2,1-5H3. The lowest BCUT2D eigenvalue weighted by atomic mass is 9.50. The van der Waals surface area contributed by atoms with Crippen LogP contribution in [0, 0.1) is 5.41 Å². The van der Waals surface area contributed by atoms with Crippen molar-refractivity contribution in [3.05, 3.63) is 0 Å². The lowest BCUT2D eigenvalue weighted by Crippen LogP contribution is -2.30. The molecule has 0 aromatic carbocycles. The van der Waals surface area contributed by atoms with Crippen molar-refractivity contribution in [2.75, 3.05) is 0 Å². The fraction of sp³-hybridized carbons (Fsp3) is 1.00. The van der Waals surface area contributed by atoms with Crippen molar-refractivity contribution in [1.29, 1.82) is 0 Å². The highest BCUT2D eigenvalue weighted by atomic mass is 14.4. The zero-order valence-electron chi connectivity index (χ0n) is 9.41. The van der Waals surface area contributed by atoms with Crippen LogP contribution in [-0.2, 0) is 0 Å². The number of rotatable bonds is 5. The summed E-state index contributed by atoms with van der Waals surface area (Å²) in [6.45, 7) is 11.2. The Morgan fingerprint density at radius 1 is 1.00 bits per heavy atom. The second kappa shape index (κ2) is 4.34. The number of hydrogen-bond acceptors (Lipinski definition) is 0. The molecule has 0 aromatic rings. The Bertz CT molecular complexity index is 123. The zero-order chi connectivity index (χ0) is 9.83. The fourth-order valence-electron chi connectivity index (χ4n) is 2.08. The van der Waals surface area contributed by atoms with Crippen molar-refractivity contribution in [3.8, 4) is 0 Å². The van der Waals surface area contributed by atoms with Crippen LogP contribution in [0.1, 0.15) is 60.3 Å². The van der Waals surface area contributed by atoms with Crippen LogP contribution in [0.15, 0.2) is 0 Å². The quantitative estimate of drug-likeness (QED) is 0.542. The molecule has 0 saturated carbocycles. The largest absolute Gasteiger partial charge is 0.0753 e. The van der Waals surface area contributed by atoms with E-state index in [1.165, 1.54) is 12.8 Å². The topological polar surface area (TPSA) is 0 Å². The van der Waals surface area contributed by atoms with Gasteiger partial charge in [-0.3, -0.25) is 0 Å². The Morgan fingerprint density at radius 3 is 1.67 bits per heavy atom. The van der Waals surface area contributed by atoms with Crippen LogP contribution in [0.4, 0.5) is 0 Å². The normalized spacial score (nSPS) is 13.4. The average molecular weight is 166 g/mol. The third kappa shape index (κ3) is 2.28. The zero-order valence-corrected chi connectivity index (χ0v) is 9.41. The molecule has 0 N–H and O–H groups in total. The van der Waals surface area contributed by atoms with E-state index in [0.717, 1.165) is 12.8 Å². The SMILES string of the molecule is [B]C(CC)(CC)C(C)(C)CCC. The second-order valence-corrected chi connectivity index (χ2v) is 4.50. The first-order chi connectivity index (χ1) is 5.43. The van der Waals surface area contributed by atoms with Crippen LogP contribution in [0.2, 0.25) is 5.31 Å². The first kappa shape index (κ1) is 12.1. The van der Waals surface area contributed by atoms with Gasteiger partial charge in [-0.1, -0.05) is 59.2 Å². The minimum absolute atomic E-state index is 0.0308. The van der Waals surface area contributed by atoms with Gasteiger partial charge >= 0.3 is 0 Å². The van der Waals surface area contributed by atoms with Gasteiger partial charge in [-0.2, -0.15) is 0 Å². The summed E-state index contributed by atoms with van der Waals surface area (Å²) >= 11 is 0. The summed E-state index contributed by atoms with van der Waals surface area (Å²) < 4.78 is 0. The molecule has 0 saturated heterocycles. The summed E-state index contributed by atoms with van der Waals surface area (Å²) in [5, 5.41) is 0.0308. The molecule has 0 nitrogen and oxygen atoms in total. The minimum Gasteiger partial charge on any atom is -0.0655 e. The molecule has 0 fully saturated rings. The average Bonchev–Trinajstić information content (AvgIpc) is 2.02. The smallest absolute Gasteiger partial charge is 0.0655 e. The Hall–Kier alpha value is 0.0649. The van der Waals surface area contributed by atoms with E-state index < -0.39 is 0 Å². The maximum Gasteiger partial charge on any atom is 0.0753 e. The first-order valence-electron chi connectivity index (χ1n) is 5.22. The van der Waals surface area contributed by atoms with Crippen LogP contribution in [0.3, 0.4) is 0 Å². The first-order valence-corrected chi connectivity index (χ1v) is 5.22. The molecule has 0 rings (SSSR count). The van der Waals surface area contributed by atoms with Crippen LogP contribution in [0.25, 0.3) is 0 Å². The van der Waals surface area contributed by atoms with E-state index in [9.17, 15) is 0 Å². The maximum absolute atomic E-state index is 6.36. The molecule has 0 spiro atoms. The van der Waals surface area contributed by atoms with E-state index in [4.69, 9.17) is 7.85 Å². The van der Waals surface area contributed by atoms with Crippen LogP contribution in [-0.4, -0.2) is 7.85 Å². The molecule has 2 radical (unpaired) electrons. The van der Waals surface area contributed by atoms with E-state index in [1.807, 2.05) is 0 Å². The molecule has 0 unspecified atom stereocenters. The van der Waals surface area contributed by atoms with Gasteiger partial charge < -0.3 is 0 Å². The summed E-state index contributed by atoms with van der Waals surface area (Å²) in [6, 6.07) is 0. The van der Waals surface area contributed by atoms with Crippen molar-refractivity contribution in [1.82, 2.24) is 0 Å². The molecule has 12 heavy (non-hydrogen) atoms. The maximum atomic E-state index is 6.36. The third-order valence-corrected chi connectivity index (χ3v) is 3.48. The molecule has 0 heterocycles. The molecular weight excluding hydrogens is 143 g/mol. The van der Waals surface area contributed by atoms with Gasteiger partial charge in [0.2, 0.25) is 0 Å². The molecule has 70 valence electrons. The minimum atomic E-state index is 0.0308. The van der Waals surface area contributed by atoms with Gasteiger partial charge in [0.05, 0.1) is 7.85 Å².